The maximum atomic E-state index is 11.9. The third kappa shape index (κ3) is 4.68. The van der Waals surface area contributed by atoms with Crippen LogP contribution in [0.15, 0.2) is 47.6 Å². The van der Waals surface area contributed by atoms with Crippen LogP contribution in [-0.2, 0) is 14.4 Å². The normalized spacial score (nSPS) is 30.1. The largest absolute Gasteiger partial charge is 0.458 e. The molecule has 3 atom stereocenters. The average Bonchev–Trinajstić information content (AvgIpc) is 2.79. The third-order valence-electron chi connectivity index (χ3n) is 5.00. The maximum Gasteiger partial charge on any atom is 0.334 e. The van der Waals surface area contributed by atoms with Crippen molar-refractivity contribution in [3.05, 3.63) is 47.6 Å². The van der Waals surface area contributed by atoms with Crippen LogP contribution in [0.2, 0.25) is 0 Å². The Morgan fingerprint density at radius 1 is 1.21 bits per heavy atom. The second kappa shape index (κ2) is 8.45. The second-order valence-electron chi connectivity index (χ2n) is 6.95. The molecule has 0 radical (unpaired) electrons. The van der Waals surface area contributed by atoms with Crippen LogP contribution in [0.3, 0.4) is 0 Å². The molecular weight excluding hydrogens is 304 g/mol. The van der Waals surface area contributed by atoms with E-state index in [1.54, 1.807) is 0 Å². The van der Waals surface area contributed by atoms with Crippen molar-refractivity contribution in [2.45, 2.75) is 64.6 Å². The Morgan fingerprint density at radius 3 is 2.67 bits per heavy atom. The summed E-state index contributed by atoms with van der Waals surface area (Å²) in [6.45, 7) is 12.1. The molecule has 0 aromatic heterocycles. The minimum absolute atomic E-state index is 0.0404. The quantitative estimate of drug-likeness (QED) is 0.248. The molecule has 2 rings (SSSR count). The first-order valence-corrected chi connectivity index (χ1v) is 8.61. The number of carbonyl (C=O) groups excluding carboxylic acids is 1. The van der Waals surface area contributed by atoms with Crippen molar-refractivity contribution in [3.63, 3.8) is 0 Å². The lowest BCUT2D eigenvalue weighted by atomic mass is 9.88. The highest BCUT2D eigenvalue weighted by molar-refractivity contribution is 5.90. The average molecular weight is 332 g/mol. The van der Waals surface area contributed by atoms with Gasteiger partial charge in [-0.15, -0.1) is 0 Å². The van der Waals surface area contributed by atoms with Gasteiger partial charge >= 0.3 is 5.97 Å². The molecule has 1 N–H and O–H groups in total. The predicted molar refractivity (Wildman–Crippen MR) is 94.4 cm³/mol. The van der Waals surface area contributed by atoms with Crippen molar-refractivity contribution in [3.8, 4) is 0 Å². The number of hydrogen-bond acceptors (Lipinski definition) is 4. The van der Waals surface area contributed by atoms with Crippen molar-refractivity contribution in [1.82, 2.24) is 0 Å². The zero-order valence-corrected chi connectivity index (χ0v) is 14.7. The van der Waals surface area contributed by atoms with Crippen LogP contribution in [-0.4, -0.2) is 23.4 Å². The fourth-order valence-electron chi connectivity index (χ4n) is 3.34. The van der Waals surface area contributed by atoms with Gasteiger partial charge in [-0.2, -0.15) is 0 Å². The monoisotopic (exact) mass is 332 g/mol. The summed E-state index contributed by atoms with van der Waals surface area (Å²) in [7, 11) is 0. The number of ether oxygens (including phenoxy) is 1. The lowest BCUT2D eigenvalue weighted by molar-refractivity contribution is -0.270. The fourth-order valence-corrected chi connectivity index (χ4v) is 3.34. The van der Waals surface area contributed by atoms with E-state index < -0.39 is 0 Å². The van der Waals surface area contributed by atoms with Gasteiger partial charge in [0.05, 0.1) is 0 Å². The summed E-state index contributed by atoms with van der Waals surface area (Å²) in [5, 5.41) is 9.13. The number of rotatable bonds is 1. The Bertz CT molecular complexity index is 570. The molecule has 0 amide bonds. The van der Waals surface area contributed by atoms with Crippen molar-refractivity contribution in [2.75, 3.05) is 0 Å². The highest BCUT2D eigenvalue weighted by Gasteiger charge is 2.37. The standard InChI is InChI=1S/C20H28O4/c1-13-8-10-17-16(4)20(21)23-19(17)12-14(2)6-5-7-15(3)18(24-22)11-9-13/h6,8,17-19,22H,3-5,7,9-12H2,1-2H3/t17-,18+,19+/m1/s1. The lowest BCUT2D eigenvalue weighted by Crippen LogP contribution is -2.17. The highest BCUT2D eigenvalue weighted by Crippen LogP contribution is 2.34. The molecule has 4 heteroatoms. The Balaban J connectivity index is 2.19. The van der Waals surface area contributed by atoms with Crippen molar-refractivity contribution >= 4 is 5.97 Å². The maximum absolute atomic E-state index is 11.9. The van der Waals surface area contributed by atoms with E-state index in [4.69, 9.17) is 9.99 Å². The molecular formula is C20H28O4. The smallest absolute Gasteiger partial charge is 0.334 e. The molecule has 0 spiro atoms. The first kappa shape index (κ1) is 18.7. The molecule has 132 valence electrons. The van der Waals surface area contributed by atoms with E-state index in [0.29, 0.717) is 12.0 Å². The topological polar surface area (TPSA) is 55.8 Å². The van der Waals surface area contributed by atoms with E-state index in [9.17, 15) is 4.79 Å². The van der Waals surface area contributed by atoms with E-state index in [1.807, 2.05) is 0 Å². The van der Waals surface area contributed by atoms with Crippen LogP contribution in [0.25, 0.3) is 0 Å². The molecule has 0 saturated carbocycles. The number of esters is 1. The molecule has 0 aromatic rings. The predicted octanol–water partition coefficient (Wildman–Crippen LogP) is 4.75. The summed E-state index contributed by atoms with van der Waals surface area (Å²) in [6.07, 6.45) is 8.45. The number of allylic oxidation sites excluding steroid dienone is 3. The Labute approximate surface area is 144 Å². The summed E-state index contributed by atoms with van der Waals surface area (Å²) in [5.74, 6) is -0.228. The van der Waals surface area contributed by atoms with Gasteiger partial charge in [0.15, 0.2) is 0 Å². The van der Waals surface area contributed by atoms with Gasteiger partial charge in [-0.3, -0.25) is 5.26 Å². The van der Waals surface area contributed by atoms with Crippen LogP contribution in [0, 0.1) is 5.92 Å². The van der Waals surface area contributed by atoms with E-state index in [2.05, 4.69) is 44.0 Å². The molecule has 1 fully saturated rings. The van der Waals surface area contributed by atoms with Crippen LogP contribution < -0.4 is 0 Å². The summed E-state index contributed by atoms with van der Waals surface area (Å²) < 4.78 is 5.52. The van der Waals surface area contributed by atoms with Gasteiger partial charge in [-0.25, -0.2) is 9.68 Å². The molecule has 4 nitrogen and oxygen atoms in total. The Morgan fingerprint density at radius 2 is 1.96 bits per heavy atom. The minimum atomic E-state index is -0.330. The molecule has 1 aliphatic heterocycles. The molecule has 2 aliphatic rings. The Hall–Kier alpha value is -1.65. The summed E-state index contributed by atoms with van der Waals surface area (Å²) in [6, 6.07) is 0. The number of fused-ring (bicyclic) bond motifs is 1. The van der Waals surface area contributed by atoms with E-state index in [0.717, 1.165) is 37.7 Å². The van der Waals surface area contributed by atoms with E-state index in [1.165, 1.54) is 11.1 Å². The molecule has 0 bridgehead atoms. The number of hydrogen-bond donors (Lipinski definition) is 1. The molecule has 0 aromatic carbocycles. The van der Waals surface area contributed by atoms with Crippen molar-refractivity contribution < 1.29 is 19.7 Å². The second-order valence-corrected chi connectivity index (χ2v) is 6.95. The van der Waals surface area contributed by atoms with Crippen LogP contribution in [0.1, 0.15) is 52.4 Å². The van der Waals surface area contributed by atoms with Gasteiger partial charge in [-0.1, -0.05) is 36.5 Å². The van der Waals surface area contributed by atoms with Gasteiger partial charge in [-0.05, 0) is 51.5 Å². The number of carbonyl (C=O) groups is 1. The van der Waals surface area contributed by atoms with Gasteiger partial charge < -0.3 is 4.74 Å². The van der Waals surface area contributed by atoms with Crippen LogP contribution >= 0.6 is 0 Å². The minimum Gasteiger partial charge on any atom is -0.458 e. The van der Waals surface area contributed by atoms with E-state index in [-0.39, 0.29) is 24.1 Å². The zero-order chi connectivity index (χ0) is 17.7. The SMILES string of the molecule is C=C1CCC=C(C)C[C@@H]2OC(=O)C(=C)[C@H]2CC=C(C)CC[C@@H]1OO. The highest BCUT2D eigenvalue weighted by atomic mass is 17.1. The molecule has 1 heterocycles. The Kier molecular flexibility index (Phi) is 6.58. The van der Waals surface area contributed by atoms with Crippen LogP contribution in [0.4, 0.5) is 0 Å². The third-order valence-corrected chi connectivity index (χ3v) is 5.00. The van der Waals surface area contributed by atoms with Gasteiger partial charge in [0.1, 0.15) is 12.2 Å². The zero-order valence-electron chi connectivity index (χ0n) is 14.7. The lowest BCUT2D eigenvalue weighted by Gasteiger charge is -2.19. The van der Waals surface area contributed by atoms with Crippen LogP contribution in [0.5, 0.6) is 0 Å². The molecule has 1 saturated heterocycles. The summed E-state index contributed by atoms with van der Waals surface area (Å²) >= 11 is 0. The van der Waals surface area contributed by atoms with Crippen molar-refractivity contribution in [1.29, 1.82) is 0 Å². The van der Waals surface area contributed by atoms with E-state index >= 15 is 0 Å². The summed E-state index contributed by atoms with van der Waals surface area (Å²) in [5.41, 5.74) is 3.89. The molecule has 24 heavy (non-hydrogen) atoms. The molecule has 1 aliphatic carbocycles. The molecule has 0 unspecified atom stereocenters. The fraction of sp³-hybridized carbons (Fsp3) is 0.550. The summed E-state index contributed by atoms with van der Waals surface area (Å²) in [4.78, 5) is 16.5. The first-order valence-electron chi connectivity index (χ1n) is 8.61. The van der Waals surface area contributed by atoms with Gasteiger partial charge in [0.2, 0.25) is 0 Å². The van der Waals surface area contributed by atoms with Crippen molar-refractivity contribution in [2.24, 2.45) is 5.92 Å². The first-order chi connectivity index (χ1) is 11.4. The van der Waals surface area contributed by atoms with Gasteiger partial charge in [0, 0.05) is 17.9 Å². The van der Waals surface area contributed by atoms with Gasteiger partial charge in [0.25, 0.3) is 0 Å².